The molecule has 0 aliphatic heterocycles. The molecule has 4 nitrogen and oxygen atoms in total. The smallest absolute Gasteiger partial charge is 0.137 e. The van der Waals surface area contributed by atoms with Crippen LogP contribution in [0.2, 0.25) is 0 Å². The lowest BCUT2D eigenvalue weighted by atomic mass is 10.2. The Morgan fingerprint density at radius 3 is 2.83 bits per heavy atom. The third-order valence-electron chi connectivity index (χ3n) is 3.52. The van der Waals surface area contributed by atoms with Crippen molar-refractivity contribution in [3.05, 3.63) is 24.0 Å². The second-order valence-corrected chi connectivity index (χ2v) is 4.99. The molecule has 1 aromatic rings. The quantitative estimate of drug-likeness (QED) is 0.800. The van der Waals surface area contributed by atoms with E-state index >= 15 is 0 Å². The summed E-state index contributed by atoms with van der Waals surface area (Å²) in [6.45, 7) is 3.81. The maximum atomic E-state index is 5.70. The predicted octanol–water partition coefficient (Wildman–Crippen LogP) is 1.83. The molecule has 0 spiro atoms. The molecule has 1 unspecified atom stereocenters. The van der Waals surface area contributed by atoms with Gasteiger partial charge in [-0.1, -0.05) is 0 Å². The molecule has 0 aromatic carbocycles. The van der Waals surface area contributed by atoms with Gasteiger partial charge in [0, 0.05) is 18.6 Å². The molecule has 4 heteroatoms. The second-order valence-electron chi connectivity index (χ2n) is 4.99. The average Bonchev–Trinajstić information content (AvgIpc) is 3.23. The highest BCUT2D eigenvalue weighted by Gasteiger charge is 2.25. The summed E-state index contributed by atoms with van der Waals surface area (Å²) in [6.07, 6.45) is 4.49. The lowest BCUT2D eigenvalue weighted by Gasteiger charge is -2.16. The number of pyridine rings is 1. The fraction of sp³-hybridized carbons (Fsp3) is 0.643. The Labute approximate surface area is 109 Å². The summed E-state index contributed by atoms with van der Waals surface area (Å²) in [5.74, 6) is 0.853. The minimum atomic E-state index is 0.278. The number of nitrogens with zero attached hydrogens (tertiary/aromatic N) is 2. The number of rotatable bonds is 7. The van der Waals surface area contributed by atoms with Crippen molar-refractivity contribution >= 4 is 0 Å². The van der Waals surface area contributed by atoms with Gasteiger partial charge in [0.25, 0.3) is 0 Å². The van der Waals surface area contributed by atoms with Gasteiger partial charge in [0.2, 0.25) is 0 Å². The molecular formula is C14H23N3O. The average molecular weight is 249 g/mol. The summed E-state index contributed by atoms with van der Waals surface area (Å²) in [5.41, 5.74) is 1.04. The fourth-order valence-electron chi connectivity index (χ4n) is 1.89. The third kappa shape index (κ3) is 3.68. The van der Waals surface area contributed by atoms with Crippen molar-refractivity contribution in [2.45, 2.75) is 31.8 Å². The highest BCUT2D eigenvalue weighted by Crippen LogP contribution is 2.24. The summed E-state index contributed by atoms with van der Waals surface area (Å²) in [4.78, 5) is 6.76. The molecule has 1 fully saturated rings. The predicted molar refractivity (Wildman–Crippen MR) is 72.9 cm³/mol. The van der Waals surface area contributed by atoms with Crippen LogP contribution in [0.4, 0.5) is 0 Å². The van der Waals surface area contributed by atoms with Gasteiger partial charge < -0.3 is 15.0 Å². The van der Waals surface area contributed by atoms with Crippen LogP contribution in [0.5, 0.6) is 5.75 Å². The van der Waals surface area contributed by atoms with Crippen LogP contribution in [0, 0.1) is 0 Å². The van der Waals surface area contributed by atoms with Crippen LogP contribution in [0.25, 0.3) is 0 Å². The Bertz CT molecular complexity index is 362. The second kappa shape index (κ2) is 6.16. The number of ether oxygens (including phenoxy) is 1. The van der Waals surface area contributed by atoms with E-state index < -0.39 is 0 Å². The zero-order valence-electron chi connectivity index (χ0n) is 11.5. The number of aromatic nitrogens is 1. The summed E-state index contributed by atoms with van der Waals surface area (Å²) >= 11 is 0. The minimum absolute atomic E-state index is 0.278. The van der Waals surface area contributed by atoms with Gasteiger partial charge in [-0.05, 0) is 46.0 Å². The molecule has 1 atom stereocenters. The number of likely N-dealkylation sites (N-methyl/N-ethyl adjacent to an activating group) is 1. The van der Waals surface area contributed by atoms with Gasteiger partial charge in [-0.15, -0.1) is 0 Å². The molecule has 1 N–H and O–H groups in total. The Balaban J connectivity index is 1.75. The maximum Gasteiger partial charge on any atom is 0.137 e. The summed E-state index contributed by atoms with van der Waals surface area (Å²) < 4.78 is 5.70. The van der Waals surface area contributed by atoms with Gasteiger partial charge in [-0.25, -0.2) is 0 Å². The van der Waals surface area contributed by atoms with Crippen LogP contribution in [0.15, 0.2) is 18.3 Å². The van der Waals surface area contributed by atoms with E-state index in [9.17, 15) is 0 Å². The van der Waals surface area contributed by atoms with E-state index in [4.69, 9.17) is 4.74 Å². The van der Waals surface area contributed by atoms with E-state index in [1.165, 1.54) is 12.8 Å². The first-order valence-corrected chi connectivity index (χ1v) is 6.67. The molecule has 0 saturated heterocycles. The van der Waals surface area contributed by atoms with E-state index in [0.717, 1.165) is 30.6 Å². The van der Waals surface area contributed by atoms with Gasteiger partial charge in [-0.2, -0.15) is 0 Å². The number of hydrogen-bond acceptors (Lipinski definition) is 4. The molecule has 1 aliphatic carbocycles. The minimum Gasteiger partial charge on any atom is -0.491 e. The maximum absolute atomic E-state index is 5.70. The van der Waals surface area contributed by atoms with Gasteiger partial charge in [0.05, 0.1) is 11.9 Å². The lowest BCUT2D eigenvalue weighted by Crippen LogP contribution is -2.26. The number of hydrogen-bond donors (Lipinski definition) is 1. The van der Waals surface area contributed by atoms with Crippen LogP contribution >= 0.6 is 0 Å². The van der Waals surface area contributed by atoms with E-state index in [1.54, 1.807) is 6.20 Å². The van der Waals surface area contributed by atoms with Crippen molar-refractivity contribution in [3.8, 4) is 5.75 Å². The van der Waals surface area contributed by atoms with Gasteiger partial charge >= 0.3 is 0 Å². The molecule has 0 radical (unpaired) electrons. The monoisotopic (exact) mass is 249 g/mol. The van der Waals surface area contributed by atoms with E-state index in [-0.39, 0.29) is 6.04 Å². The summed E-state index contributed by atoms with van der Waals surface area (Å²) in [7, 11) is 4.10. The van der Waals surface area contributed by atoms with Gasteiger partial charge in [-0.3, -0.25) is 4.98 Å². The molecule has 0 amide bonds. The van der Waals surface area contributed by atoms with Crippen LogP contribution < -0.4 is 10.1 Å². The first-order chi connectivity index (χ1) is 8.70. The van der Waals surface area contributed by atoms with Gasteiger partial charge in [0.15, 0.2) is 0 Å². The Kier molecular flexibility index (Phi) is 4.55. The van der Waals surface area contributed by atoms with E-state index in [1.807, 2.05) is 19.2 Å². The molecule has 2 rings (SSSR count). The molecule has 0 bridgehead atoms. The Hall–Kier alpha value is -1.13. The fourth-order valence-corrected chi connectivity index (χ4v) is 1.89. The number of nitrogens with one attached hydrogen (secondary N) is 1. The molecule has 1 aliphatic rings. The summed E-state index contributed by atoms with van der Waals surface area (Å²) in [6, 6.07) is 5.08. The van der Waals surface area contributed by atoms with E-state index in [2.05, 4.69) is 29.2 Å². The molecule has 100 valence electrons. The first kappa shape index (κ1) is 13.3. The standard InChI is InChI=1S/C14H23N3O/c1-11(15-2)14-7-6-13(10-16-14)18-9-8-17(3)12-4-5-12/h6-7,10-12,15H,4-5,8-9H2,1-3H3. The summed E-state index contributed by atoms with van der Waals surface area (Å²) in [5, 5.41) is 3.17. The zero-order chi connectivity index (χ0) is 13.0. The third-order valence-corrected chi connectivity index (χ3v) is 3.52. The van der Waals surface area contributed by atoms with Crippen LogP contribution in [-0.2, 0) is 0 Å². The first-order valence-electron chi connectivity index (χ1n) is 6.67. The largest absolute Gasteiger partial charge is 0.491 e. The van der Waals surface area contributed by atoms with Crippen molar-refractivity contribution in [1.82, 2.24) is 15.2 Å². The molecule has 1 aromatic heterocycles. The van der Waals surface area contributed by atoms with Crippen molar-refractivity contribution in [2.75, 3.05) is 27.2 Å². The lowest BCUT2D eigenvalue weighted by molar-refractivity contribution is 0.231. The van der Waals surface area contributed by atoms with Crippen molar-refractivity contribution in [3.63, 3.8) is 0 Å². The van der Waals surface area contributed by atoms with Gasteiger partial charge in [0.1, 0.15) is 12.4 Å². The van der Waals surface area contributed by atoms with Crippen molar-refractivity contribution in [1.29, 1.82) is 0 Å². The Morgan fingerprint density at radius 2 is 2.28 bits per heavy atom. The van der Waals surface area contributed by atoms with Crippen molar-refractivity contribution in [2.24, 2.45) is 0 Å². The van der Waals surface area contributed by atoms with Crippen molar-refractivity contribution < 1.29 is 4.74 Å². The van der Waals surface area contributed by atoms with Crippen LogP contribution in [0.3, 0.4) is 0 Å². The highest BCUT2D eigenvalue weighted by atomic mass is 16.5. The van der Waals surface area contributed by atoms with Crippen LogP contribution in [0.1, 0.15) is 31.5 Å². The normalized spacial score (nSPS) is 16.9. The Morgan fingerprint density at radius 1 is 1.50 bits per heavy atom. The molecule has 18 heavy (non-hydrogen) atoms. The zero-order valence-corrected chi connectivity index (χ0v) is 11.5. The topological polar surface area (TPSA) is 37.4 Å². The molecular weight excluding hydrogens is 226 g/mol. The molecule has 1 saturated carbocycles. The molecule has 1 heterocycles. The van der Waals surface area contributed by atoms with E-state index in [0.29, 0.717) is 0 Å². The van der Waals surface area contributed by atoms with Crippen LogP contribution in [-0.4, -0.2) is 43.2 Å². The SMILES string of the molecule is CNC(C)c1ccc(OCCN(C)C2CC2)cn1. The highest BCUT2D eigenvalue weighted by molar-refractivity contribution is 5.21.